The van der Waals surface area contributed by atoms with Crippen molar-refractivity contribution in [1.29, 1.82) is 0 Å². The van der Waals surface area contributed by atoms with Gasteiger partial charge in [-0.15, -0.1) is 0 Å². The second-order valence-corrected chi connectivity index (χ2v) is 4.97. The third kappa shape index (κ3) is 4.27. The second kappa shape index (κ2) is 6.83. The summed E-state index contributed by atoms with van der Waals surface area (Å²) in [5, 5.41) is 5.94. The minimum Gasteiger partial charge on any atom is -0.351 e. The molecule has 0 spiro atoms. The maximum atomic E-state index is 12.0. The van der Waals surface area contributed by atoms with Gasteiger partial charge in [0.15, 0.2) is 0 Å². The molecule has 1 aromatic carbocycles. The fourth-order valence-electron chi connectivity index (χ4n) is 1.84. The fourth-order valence-corrected chi connectivity index (χ4v) is 1.84. The van der Waals surface area contributed by atoms with E-state index < -0.39 is 0 Å². The zero-order chi connectivity index (χ0) is 15.2. The number of nitrogens with one attached hydrogen (secondary N) is 2. The minimum absolute atomic E-state index is 0.172. The average Bonchev–Trinajstić information content (AvgIpc) is 2.46. The monoisotopic (exact) mass is 284 g/mol. The molecule has 0 saturated heterocycles. The zero-order valence-corrected chi connectivity index (χ0v) is 12.6. The van der Waals surface area contributed by atoms with Crippen molar-refractivity contribution < 1.29 is 4.79 Å². The van der Waals surface area contributed by atoms with Crippen LogP contribution in [-0.4, -0.2) is 22.4 Å². The van der Waals surface area contributed by atoms with Crippen molar-refractivity contribution >= 4 is 17.5 Å². The van der Waals surface area contributed by atoms with Crippen molar-refractivity contribution in [2.75, 3.05) is 11.9 Å². The number of aryl methyl sites for hydroxylation is 2. The Hall–Kier alpha value is -2.43. The van der Waals surface area contributed by atoms with Crippen molar-refractivity contribution in [1.82, 2.24) is 15.3 Å². The highest BCUT2D eigenvalue weighted by molar-refractivity contribution is 5.92. The summed E-state index contributed by atoms with van der Waals surface area (Å²) in [4.78, 5) is 20.6. The fraction of sp³-hybridized carbons (Fsp3) is 0.312. The van der Waals surface area contributed by atoms with E-state index in [0.29, 0.717) is 18.2 Å². The van der Waals surface area contributed by atoms with Crippen LogP contribution in [0.5, 0.6) is 0 Å². The Labute approximate surface area is 124 Å². The Morgan fingerprint density at radius 2 is 1.86 bits per heavy atom. The molecule has 1 heterocycles. The van der Waals surface area contributed by atoms with Crippen molar-refractivity contribution in [2.45, 2.75) is 27.2 Å². The maximum absolute atomic E-state index is 12.0. The van der Waals surface area contributed by atoms with E-state index in [1.54, 1.807) is 6.07 Å². The third-order valence-corrected chi connectivity index (χ3v) is 2.93. The molecule has 0 fully saturated rings. The van der Waals surface area contributed by atoms with Gasteiger partial charge in [0.05, 0.1) is 0 Å². The van der Waals surface area contributed by atoms with Crippen molar-refractivity contribution in [3.63, 3.8) is 0 Å². The molecule has 2 aromatic rings. The summed E-state index contributed by atoms with van der Waals surface area (Å²) in [6.07, 6.45) is 0.893. The van der Waals surface area contributed by atoms with E-state index in [0.717, 1.165) is 17.8 Å². The van der Waals surface area contributed by atoms with E-state index in [1.165, 1.54) is 5.56 Å². The number of aromatic nitrogens is 2. The Morgan fingerprint density at radius 3 is 2.52 bits per heavy atom. The van der Waals surface area contributed by atoms with Gasteiger partial charge in [-0.3, -0.25) is 4.79 Å². The summed E-state index contributed by atoms with van der Waals surface area (Å²) in [7, 11) is 0. The number of rotatable bonds is 5. The lowest BCUT2D eigenvalue weighted by molar-refractivity contribution is 0.0948. The van der Waals surface area contributed by atoms with Crippen molar-refractivity contribution in [3.8, 4) is 0 Å². The van der Waals surface area contributed by atoms with E-state index in [2.05, 4.69) is 20.6 Å². The molecule has 0 aliphatic carbocycles. The molecule has 5 nitrogen and oxygen atoms in total. The predicted molar refractivity (Wildman–Crippen MR) is 83.9 cm³/mol. The van der Waals surface area contributed by atoms with Gasteiger partial charge in [0, 0.05) is 17.9 Å². The first-order valence-corrected chi connectivity index (χ1v) is 7.06. The van der Waals surface area contributed by atoms with Crippen LogP contribution in [0.3, 0.4) is 0 Å². The summed E-state index contributed by atoms with van der Waals surface area (Å²) in [6, 6.07) is 9.61. The van der Waals surface area contributed by atoms with Gasteiger partial charge in [0.2, 0.25) is 5.95 Å². The molecule has 0 atom stereocenters. The van der Waals surface area contributed by atoms with Crippen LogP contribution in [-0.2, 0) is 0 Å². The molecule has 0 radical (unpaired) electrons. The van der Waals surface area contributed by atoms with Crippen LogP contribution < -0.4 is 10.6 Å². The summed E-state index contributed by atoms with van der Waals surface area (Å²) < 4.78 is 0. The standard InChI is InChI=1S/C16H20N4O/c1-4-9-17-15(21)14-10-12(3)18-16(20-14)19-13-7-5-11(2)6-8-13/h5-8,10H,4,9H2,1-3H3,(H,17,21)(H,18,19,20). The molecule has 0 aliphatic heterocycles. The number of carbonyl (C=O) groups is 1. The van der Waals surface area contributed by atoms with E-state index in [1.807, 2.05) is 45.0 Å². The highest BCUT2D eigenvalue weighted by atomic mass is 16.1. The second-order valence-electron chi connectivity index (χ2n) is 4.97. The number of amides is 1. The van der Waals surface area contributed by atoms with E-state index in [-0.39, 0.29) is 5.91 Å². The molecule has 21 heavy (non-hydrogen) atoms. The highest BCUT2D eigenvalue weighted by Gasteiger charge is 2.10. The third-order valence-electron chi connectivity index (χ3n) is 2.93. The molecule has 0 saturated carbocycles. The summed E-state index contributed by atoms with van der Waals surface area (Å²) >= 11 is 0. The Kier molecular flexibility index (Phi) is 4.87. The number of anilines is 2. The van der Waals surface area contributed by atoms with Gasteiger partial charge < -0.3 is 10.6 Å². The molecule has 110 valence electrons. The Bertz CT molecular complexity index is 623. The minimum atomic E-state index is -0.172. The topological polar surface area (TPSA) is 66.9 Å². The Balaban J connectivity index is 2.18. The van der Waals surface area contributed by atoms with Crippen LogP contribution in [0.1, 0.15) is 35.1 Å². The lowest BCUT2D eigenvalue weighted by atomic mass is 10.2. The maximum Gasteiger partial charge on any atom is 0.270 e. The molecule has 2 N–H and O–H groups in total. The van der Waals surface area contributed by atoms with Gasteiger partial charge in [-0.05, 0) is 38.5 Å². The van der Waals surface area contributed by atoms with Crippen molar-refractivity contribution in [3.05, 3.63) is 47.3 Å². The quantitative estimate of drug-likeness (QED) is 0.885. The largest absolute Gasteiger partial charge is 0.351 e. The van der Waals surface area contributed by atoms with Gasteiger partial charge in [-0.1, -0.05) is 24.6 Å². The molecule has 2 rings (SSSR count). The normalized spacial score (nSPS) is 10.2. The summed E-state index contributed by atoms with van der Waals surface area (Å²) in [5.41, 5.74) is 3.21. The zero-order valence-electron chi connectivity index (χ0n) is 12.6. The van der Waals surface area contributed by atoms with E-state index >= 15 is 0 Å². The lowest BCUT2D eigenvalue weighted by Crippen LogP contribution is -2.25. The average molecular weight is 284 g/mol. The molecule has 0 unspecified atom stereocenters. The van der Waals surface area contributed by atoms with Crippen LogP contribution in [0.2, 0.25) is 0 Å². The van der Waals surface area contributed by atoms with Gasteiger partial charge >= 0.3 is 0 Å². The Morgan fingerprint density at radius 1 is 1.14 bits per heavy atom. The molecule has 1 aromatic heterocycles. The molecular weight excluding hydrogens is 264 g/mol. The van der Waals surface area contributed by atoms with Gasteiger partial charge in [0.1, 0.15) is 5.69 Å². The highest BCUT2D eigenvalue weighted by Crippen LogP contribution is 2.14. The summed E-state index contributed by atoms with van der Waals surface area (Å²) in [5.74, 6) is 0.259. The molecule has 0 aliphatic rings. The van der Waals surface area contributed by atoms with Gasteiger partial charge in [-0.2, -0.15) is 0 Å². The first kappa shape index (κ1) is 15.0. The lowest BCUT2D eigenvalue weighted by Gasteiger charge is -2.08. The first-order chi connectivity index (χ1) is 10.1. The number of nitrogens with zero attached hydrogens (tertiary/aromatic N) is 2. The molecular formula is C16H20N4O. The first-order valence-electron chi connectivity index (χ1n) is 7.06. The van der Waals surface area contributed by atoms with Crippen LogP contribution >= 0.6 is 0 Å². The number of benzene rings is 1. The summed E-state index contributed by atoms with van der Waals surface area (Å²) in [6.45, 7) is 6.53. The number of hydrogen-bond acceptors (Lipinski definition) is 4. The predicted octanol–water partition coefficient (Wildman–Crippen LogP) is 2.98. The number of carbonyl (C=O) groups excluding carboxylic acids is 1. The van der Waals surface area contributed by atoms with Crippen LogP contribution in [0.15, 0.2) is 30.3 Å². The molecule has 0 bridgehead atoms. The van der Waals surface area contributed by atoms with E-state index in [4.69, 9.17) is 0 Å². The van der Waals surface area contributed by atoms with Crippen LogP contribution in [0.4, 0.5) is 11.6 Å². The molecule has 5 heteroatoms. The van der Waals surface area contributed by atoms with Crippen LogP contribution in [0.25, 0.3) is 0 Å². The number of hydrogen-bond donors (Lipinski definition) is 2. The van der Waals surface area contributed by atoms with Gasteiger partial charge in [0.25, 0.3) is 5.91 Å². The van der Waals surface area contributed by atoms with E-state index in [9.17, 15) is 4.79 Å². The molecule has 1 amide bonds. The van der Waals surface area contributed by atoms with Crippen molar-refractivity contribution in [2.24, 2.45) is 0 Å². The SMILES string of the molecule is CCCNC(=O)c1cc(C)nc(Nc2ccc(C)cc2)n1. The smallest absolute Gasteiger partial charge is 0.270 e. The van der Waals surface area contributed by atoms with Crippen LogP contribution in [0, 0.1) is 13.8 Å². The van der Waals surface area contributed by atoms with Gasteiger partial charge in [-0.25, -0.2) is 9.97 Å².